The van der Waals surface area contributed by atoms with E-state index in [-0.39, 0.29) is 17.8 Å². The van der Waals surface area contributed by atoms with Crippen molar-refractivity contribution in [1.82, 2.24) is 9.80 Å². The van der Waals surface area contributed by atoms with Crippen molar-refractivity contribution in [3.8, 4) is 0 Å². The molecule has 1 unspecified atom stereocenters. The monoisotopic (exact) mass is 290 g/mol. The minimum absolute atomic E-state index is 0.0197. The maximum atomic E-state index is 12.9. The Hall–Kier alpha value is -1.94. The van der Waals surface area contributed by atoms with E-state index >= 15 is 0 Å². The Morgan fingerprint density at radius 1 is 1.24 bits per heavy atom. The van der Waals surface area contributed by atoms with Gasteiger partial charge in [-0.1, -0.05) is 24.3 Å². The molecule has 1 aromatic rings. The molecule has 4 heteroatoms. The Morgan fingerprint density at radius 3 is 2.24 bits per heavy atom. The fraction of sp³-hybridized carbons (Fsp3) is 0.353. The average molecular weight is 290 g/mol. The zero-order valence-electron chi connectivity index (χ0n) is 12.8. The number of rotatable bonds is 8. The van der Waals surface area contributed by atoms with Gasteiger partial charge in [-0.3, -0.25) is 9.69 Å². The number of benzene rings is 1. The van der Waals surface area contributed by atoms with Crippen LogP contribution in [0.2, 0.25) is 0 Å². The summed E-state index contributed by atoms with van der Waals surface area (Å²) >= 11 is 0. The third-order valence-corrected chi connectivity index (χ3v) is 3.45. The number of hydrogen-bond donors (Lipinski definition) is 0. The van der Waals surface area contributed by atoms with Crippen LogP contribution in [0.15, 0.2) is 49.6 Å². The van der Waals surface area contributed by atoms with Crippen molar-refractivity contribution in [3.63, 3.8) is 0 Å². The van der Waals surface area contributed by atoms with E-state index in [0.717, 1.165) is 5.56 Å². The molecule has 0 aliphatic rings. The molecule has 0 aromatic heterocycles. The van der Waals surface area contributed by atoms with Gasteiger partial charge in [0.25, 0.3) is 0 Å². The van der Waals surface area contributed by atoms with Crippen LogP contribution in [0, 0.1) is 5.82 Å². The molecule has 0 aliphatic heterocycles. The topological polar surface area (TPSA) is 23.6 Å². The standard InChI is InChI=1S/C17H23FN2O/c1-5-11-20(12-6-2)17(21)13-19(4)14(3)15-7-9-16(18)10-8-15/h5-10,14H,1-2,11-13H2,3-4H3. The van der Waals surface area contributed by atoms with Crippen molar-refractivity contribution in [3.05, 3.63) is 61.0 Å². The second-order valence-electron chi connectivity index (χ2n) is 5.02. The lowest BCUT2D eigenvalue weighted by Crippen LogP contribution is -2.40. The van der Waals surface area contributed by atoms with Crippen LogP contribution in [0.4, 0.5) is 4.39 Å². The normalized spacial score (nSPS) is 12.0. The van der Waals surface area contributed by atoms with Gasteiger partial charge in [-0.2, -0.15) is 0 Å². The lowest BCUT2D eigenvalue weighted by atomic mass is 10.1. The molecule has 0 fully saturated rings. The minimum Gasteiger partial charge on any atom is -0.334 e. The summed E-state index contributed by atoms with van der Waals surface area (Å²) in [7, 11) is 1.88. The van der Waals surface area contributed by atoms with Gasteiger partial charge in [0.15, 0.2) is 0 Å². The number of likely N-dealkylation sites (N-methyl/N-ethyl adjacent to an activating group) is 1. The Balaban J connectivity index is 2.67. The van der Waals surface area contributed by atoms with Gasteiger partial charge < -0.3 is 4.90 Å². The summed E-state index contributed by atoms with van der Waals surface area (Å²) in [4.78, 5) is 15.9. The fourth-order valence-electron chi connectivity index (χ4n) is 2.04. The second-order valence-corrected chi connectivity index (χ2v) is 5.02. The van der Waals surface area contributed by atoms with Crippen LogP contribution in [0.5, 0.6) is 0 Å². The molecule has 1 rings (SSSR count). The van der Waals surface area contributed by atoms with Crippen LogP contribution >= 0.6 is 0 Å². The smallest absolute Gasteiger partial charge is 0.237 e. The summed E-state index contributed by atoms with van der Waals surface area (Å²) in [5.74, 6) is -0.237. The van der Waals surface area contributed by atoms with E-state index in [1.807, 2.05) is 18.9 Å². The first-order valence-corrected chi connectivity index (χ1v) is 6.94. The summed E-state index contributed by atoms with van der Waals surface area (Å²) in [5, 5.41) is 0. The first kappa shape index (κ1) is 17.1. The Morgan fingerprint density at radius 2 is 1.76 bits per heavy atom. The molecule has 21 heavy (non-hydrogen) atoms. The first-order chi connectivity index (χ1) is 9.99. The van der Waals surface area contributed by atoms with Crippen molar-refractivity contribution in [2.75, 3.05) is 26.7 Å². The van der Waals surface area contributed by atoms with Gasteiger partial charge in [0.2, 0.25) is 5.91 Å². The van der Waals surface area contributed by atoms with Gasteiger partial charge >= 0.3 is 0 Å². The molecular formula is C17H23FN2O. The van der Waals surface area contributed by atoms with Crippen molar-refractivity contribution in [2.45, 2.75) is 13.0 Å². The molecule has 3 nitrogen and oxygen atoms in total. The van der Waals surface area contributed by atoms with E-state index in [9.17, 15) is 9.18 Å². The van der Waals surface area contributed by atoms with E-state index in [1.54, 1.807) is 29.2 Å². The van der Waals surface area contributed by atoms with Gasteiger partial charge in [0.1, 0.15) is 5.82 Å². The predicted molar refractivity (Wildman–Crippen MR) is 84.4 cm³/mol. The highest BCUT2D eigenvalue weighted by Crippen LogP contribution is 2.18. The Labute approximate surface area is 126 Å². The highest BCUT2D eigenvalue weighted by molar-refractivity contribution is 5.78. The van der Waals surface area contributed by atoms with Crippen molar-refractivity contribution >= 4 is 5.91 Å². The van der Waals surface area contributed by atoms with E-state index < -0.39 is 0 Å². The fourth-order valence-corrected chi connectivity index (χ4v) is 2.04. The van der Waals surface area contributed by atoms with Crippen LogP contribution in [0.1, 0.15) is 18.5 Å². The van der Waals surface area contributed by atoms with Crippen molar-refractivity contribution in [1.29, 1.82) is 0 Å². The van der Waals surface area contributed by atoms with Crippen LogP contribution in [0.25, 0.3) is 0 Å². The molecule has 1 atom stereocenters. The largest absolute Gasteiger partial charge is 0.334 e. The summed E-state index contributed by atoms with van der Waals surface area (Å²) < 4.78 is 12.9. The third-order valence-electron chi connectivity index (χ3n) is 3.45. The zero-order valence-corrected chi connectivity index (χ0v) is 12.8. The molecule has 0 radical (unpaired) electrons. The zero-order chi connectivity index (χ0) is 15.8. The summed E-state index contributed by atoms with van der Waals surface area (Å²) in [6, 6.07) is 6.38. The maximum Gasteiger partial charge on any atom is 0.237 e. The molecule has 1 amide bonds. The molecule has 0 bridgehead atoms. The molecule has 0 N–H and O–H groups in total. The second kappa shape index (κ2) is 8.37. The van der Waals surface area contributed by atoms with Crippen LogP contribution in [-0.4, -0.2) is 42.4 Å². The Kier molecular flexibility index (Phi) is 6.82. The highest BCUT2D eigenvalue weighted by atomic mass is 19.1. The number of halogens is 1. The molecule has 0 heterocycles. The summed E-state index contributed by atoms with van der Waals surface area (Å²) in [6.07, 6.45) is 3.40. The van der Waals surface area contributed by atoms with E-state index in [2.05, 4.69) is 13.2 Å². The van der Waals surface area contributed by atoms with E-state index in [0.29, 0.717) is 19.6 Å². The lowest BCUT2D eigenvalue weighted by molar-refractivity contribution is -0.131. The van der Waals surface area contributed by atoms with Gasteiger partial charge in [-0.25, -0.2) is 4.39 Å². The van der Waals surface area contributed by atoms with Gasteiger partial charge in [0.05, 0.1) is 6.54 Å². The van der Waals surface area contributed by atoms with Gasteiger partial charge in [-0.05, 0) is 31.7 Å². The van der Waals surface area contributed by atoms with Crippen LogP contribution < -0.4 is 0 Å². The Bertz CT molecular complexity index is 474. The molecule has 1 aromatic carbocycles. The van der Waals surface area contributed by atoms with Gasteiger partial charge in [0, 0.05) is 19.1 Å². The minimum atomic E-state index is -0.257. The van der Waals surface area contributed by atoms with E-state index in [1.165, 1.54) is 12.1 Å². The van der Waals surface area contributed by atoms with Crippen molar-refractivity contribution < 1.29 is 9.18 Å². The number of carbonyl (C=O) groups excluding carboxylic acids is 1. The molecule has 0 saturated carbocycles. The highest BCUT2D eigenvalue weighted by Gasteiger charge is 2.18. The van der Waals surface area contributed by atoms with Gasteiger partial charge in [-0.15, -0.1) is 13.2 Å². The number of hydrogen-bond acceptors (Lipinski definition) is 2. The molecular weight excluding hydrogens is 267 g/mol. The molecule has 0 aliphatic carbocycles. The number of carbonyl (C=O) groups is 1. The van der Waals surface area contributed by atoms with Crippen LogP contribution in [0.3, 0.4) is 0 Å². The quantitative estimate of drug-likeness (QED) is 0.687. The maximum absolute atomic E-state index is 12.9. The summed E-state index contributed by atoms with van der Waals surface area (Å²) in [5.41, 5.74) is 0.977. The number of amides is 1. The average Bonchev–Trinajstić information content (AvgIpc) is 2.47. The molecule has 0 spiro atoms. The predicted octanol–water partition coefficient (Wildman–Crippen LogP) is 3.02. The van der Waals surface area contributed by atoms with Crippen LogP contribution in [-0.2, 0) is 4.79 Å². The summed E-state index contributed by atoms with van der Waals surface area (Å²) in [6.45, 7) is 10.6. The lowest BCUT2D eigenvalue weighted by Gasteiger charge is -2.27. The molecule has 0 saturated heterocycles. The van der Waals surface area contributed by atoms with E-state index in [4.69, 9.17) is 0 Å². The SMILES string of the molecule is C=CCN(CC=C)C(=O)CN(C)C(C)c1ccc(F)cc1. The molecule has 114 valence electrons. The third kappa shape index (κ3) is 5.16. The first-order valence-electron chi connectivity index (χ1n) is 6.94. The number of nitrogens with zero attached hydrogens (tertiary/aromatic N) is 2. The van der Waals surface area contributed by atoms with Crippen molar-refractivity contribution in [2.24, 2.45) is 0 Å².